The second-order valence-corrected chi connectivity index (χ2v) is 26.9. The molecule has 0 aliphatic heterocycles. The second-order valence-electron chi connectivity index (χ2n) is 26.9. The van der Waals surface area contributed by atoms with E-state index in [1.165, 1.54) is 0 Å². The molecule has 0 fully saturated rings. The first-order valence-corrected chi connectivity index (χ1v) is 31.4. The van der Waals surface area contributed by atoms with Gasteiger partial charge in [-0.05, 0) is 127 Å². The van der Waals surface area contributed by atoms with E-state index in [1.807, 2.05) is 62.3 Å². The summed E-state index contributed by atoms with van der Waals surface area (Å²) in [5, 5.41) is 33.4. The molecule has 6 atom stereocenters. The fourth-order valence-electron chi connectivity index (χ4n) is 10.8. The molecule has 0 aliphatic carbocycles. The third kappa shape index (κ3) is 18.2. The van der Waals surface area contributed by atoms with Crippen molar-refractivity contribution >= 4 is 17.9 Å². The Labute approximate surface area is 501 Å². The van der Waals surface area contributed by atoms with E-state index in [9.17, 15) is 29.7 Å². The summed E-state index contributed by atoms with van der Waals surface area (Å²) in [6, 6.07) is 10.4. The Balaban J connectivity index is 2.12. The van der Waals surface area contributed by atoms with Gasteiger partial charge < -0.3 is 29.5 Å². The summed E-state index contributed by atoms with van der Waals surface area (Å²) >= 11 is 0. The van der Waals surface area contributed by atoms with Crippen molar-refractivity contribution in [2.75, 3.05) is 0 Å². The number of aryl methyl sites for hydroxylation is 3. The normalized spacial score (nSPS) is 14.4. The molecule has 15 nitrogen and oxygen atoms in total. The Morgan fingerprint density at radius 3 is 0.810 bits per heavy atom. The Morgan fingerprint density at radius 1 is 0.393 bits per heavy atom. The number of nitrogens with zero attached hydrogens (tertiary/aromatic N) is 3. The molecule has 0 spiro atoms. The molecular weight excluding hydrogens is 1060 g/mol. The number of unbranched alkanes of at least 4 members (excludes halogenated alkanes) is 12. The van der Waals surface area contributed by atoms with Crippen LogP contribution in [0.3, 0.4) is 0 Å². The van der Waals surface area contributed by atoms with Crippen LogP contribution in [-0.2, 0) is 44.8 Å². The Morgan fingerprint density at radius 2 is 0.607 bits per heavy atom. The van der Waals surface area contributed by atoms with Crippen LogP contribution in [0.25, 0.3) is 0 Å². The average Bonchev–Trinajstić information content (AvgIpc) is 2.91. The van der Waals surface area contributed by atoms with E-state index in [4.69, 9.17) is 14.2 Å². The lowest BCUT2D eigenvalue weighted by atomic mass is 9.82. The molecule has 6 unspecified atom stereocenters. The third-order valence-electron chi connectivity index (χ3n) is 16.5. The van der Waals surface area contributed by atoms with Gasteiger partial charge in [-0.1, -0.05) is 197 Å². The maximum Gasteiger partial charge on any atom is 0.342 e. The zero-order chi connectivity index (χ0) is 63.2. The lowest BCUT2D eigenvalue weighted by molar-refractivity contribution is -0.158. The molecule has 0 amide bonds. The van der Waals surface area contributed by atoms with Gasteiger partial charge in [0.2, 0.25) is 0 Å². The molecule has 468 valence electrons. The van der Waals surface area contributed by atoms with Crippen LogP contribution >= 0.6 is 0 Å². The number of ether oxygens (including phenoxy) is 3. The van der Waals surface area contributed by atoms with E-state index in [-0.39, 0.29) is 36.5 Å². The molecule has 4 rings (SSSR count). The molecule has 1 heterocycles. The Bertz CT molecular complexity index is 2700. The monoisotopic (exact) mass is 1170 g/mol. The van der Waals surface area contributed by atoms with Gasteiger partial charge in [-0.25, -0.2) is 28.1 Å². The number of aromatic nitrogens is 3. The van der Waals surface area contributed by atoms with Crippen molar-refractivity contribution in [2.45, 2.75) is 293 Å². The van der Waals surface area contributed by atoms with Gasteiger partial charge in [0, 0.05) is 19.3 Å². The number of hydrogen-bond donors (Lipinski definition) is 3. The molecule has 15 heteroatoms. The van der Waals surface area contributed by atoms with Gasteiger partial charge in [-0.3, -0.25) is 14.4 Å². The molecule has 4 aromatic rings. The van der Waals surface area contributed by atoms with Crippen molar-refractivity contribution in [3.05, 3.63) is 118 Å². The van der Waals surface area contributed by atoms with Gasteiger partial charge in [0.15, 0.2) is 18.7 Å². The summed E-state index contributed by atoms with van der Waals surface area (Å²) < 4.78 is 21.6. The SMILES string of the molecule is CCCCCCCC(OC(=O)C(C)c1cc(C)c(O)c(C(C)(C)C)c1)n1c(=O)n(C(CCCCCCC)OC(=O)C(C)c2cc(C)c(O)c(C(C)(C)C)c2)c(=O)n(C(CCCCCCC)OC(=O)C(C)c2cc(C)c(O)c(C(C)(C)C)c2)c1=O. The van der Waals surface area contributed by atoms with Crippen LogP contribution in [0.1, 0.15) is 306 Å². The van der Waals surface area contributed by atoms with Crippen molar-refractivity contribution < 1.29 is 43.9 Å². The number of benzene rings is 3. The first-order chi connectivity index (χ1) is 39.2. The molecule has 3 N–H and O–H groups in total. The number of carbonyl (C=O) groups excluding carboxylic acids is 3. The summed E-state index contributed by atoms with van der Waals surface area (Å²) in [5.74, 6) is -4.87. The van der Waals surface area contributed by atoms with Gasteiger partial charge in [-0.15, -0.1) is 0 Å². The number of phenolic OH excluding ortho intramolecular Hbond substituents is 3. The minimum Gasteiger partial charge on any atom is -0.507 e. The number of hydrogen-bond acceptors (Lipinski definition) is 12. The molecule has 3 aromatic carbocycles. The summed E-state index contributed by atoms with van der Waals surface area (Å²) in [5.41, 5.74) is 0.148. The molecule has 0 aliphatic rings. The molecule has 0 bridgehead atoms. The summed E-state index contributed by atoms with van der Waals surface area (Å²) in [6.07, 6.45) is 6.49. The smallest absolute Gasteiger partial charge is 0.342 e. The number of carbonyl (C=O) groups is 3. The van der Waals surface area contributed by atoms with Crippen LogP contribution in [0.15, 0.2) is 50.8 Å². The van der Waals surface area contributed by atoms with Crippen LogP contribution in [-0.4, -0.2) is 46.9 Å². The number of aromatic hydroxyl groups is 3. The molecule has 0 radical (unpaired) electrons. The van der Waals surface area contributed by atoms with Crippen LogP contribution in [0, 0.1) is 20.8 Å². The van der Waals surface area contributed by atoms with Gasteiger partial charge in [0.05, 0.1) is 17.8 Å². The van der Waals surface area contributed by atoms with Crippen LogP contribution in [0.5, 0.6) is 17.2 Å². The van der Waals surface area contributed by atoms with E-state index >= 15 is 14.4 Å². The number of phenols is 3. The number of esters is 3. The van der Waals surface area contributed by atoms with E-state index in [1.54, 1.807) is 77.9 Å². The lowest BCUT2D eigenvalue weighted by Crippen LogP contribution is -2.58. The molecule has 1 aromatic heterocycles. The highest BCUT2D eigenvalue weighted by molar-refractivity contribution is 5.79. The maximum absolute atomic E-state index is 15.8. The quantitative estimate of drug-likeness (QED) is 0.0253. The van der Waals surface area contributed by atoms with Crippen molar-refractivity contribution in [1.29, 1.82) is 0 Å². The average molecular weight is 1170 g/mol. The van der Waals surface area contributed by atoms with Gasteiger partial charge in [0.25, 0.3) is 0 Å². The van der Waals surface area contributed by atoms with Crippen molar-refractivity contribution in [1.82, 2.24) is 13.7 Å². The topological polar surface area (TPSA) is 206 Å². The van der Waals surface area contributed by atoms with Crippen molar-refractivity contribution in [2.24, 2.45) is 0 Å². The first kappa shape index (κ1) is 70.4. The minimum atomic E-state index is -1.59. The molecule has 0 saturated heterocycles. The van der Waals surface area contributed by atoms with Gasteiger partial charge in [0.1, 0.15) is 17.2 Å². The Kier molecular flexibility index (Phi) is 25.8. The van der Waals surface area contributed by atoms with Gasteiger partial charge >= 0.3 is 35.0 Å². The first-order valence-electron chi connectivity index (χ1n) is 31.4. The van der Waals surface area contributed by atoms with E-state index in [0.29, 0.717) is 88.6 Å². The highest BCUT2D eigenvalue weighted by Gasteiger charge is 2.36. The zero-order valence-electron chi connectivity index (χ0n) is 54.5. The standard InChI is InChI=1S/C69H105N3O12/c1-19-22-25-28-31-34-55(82-61(76)46(7)49-37-43(4)58(73)52(40-49)67(10,11)12)70-64(79)71(56(35-32-29-26-23-20-2)83-62(77)47(8)50-38-44(5)59(74)53(41-50)68(13,14)15)66(81)72(65(70)80)57(36-33-30-27-24-21-3)84-63(78)48(9)51-39-45(6)60(75)54(42-51)69(16,17)18/h37-42,46-48,55-57,73-75H,19-36H2,1-18H3. The van der Waals surface area contributed by atoms with Crippen molar-refractivity contribution in [3.63, 3.8) is 0 Å². The predicted octanol–water partition coefficient (Wildman–Crippen LogP) is 15.7. The summed E-state index contributed by atoms with van der Waals surface area (Å²) in [6.45, 7) is 34.1. The maximum atomic E-state index is 15.8. The highest BCUT2D eigenvalue weighted by Crippen LogP contribution is 2.40. The van der Waals surface area contributed by atoms with E-state index in [0.717, 1.165) is 71.5 Å². The van der Waals surface area contributed by atoms with Crippen LogP contribution in [0.4, 0.5) is 0 Å². The molecule has 0 saturated carbocycles. The van der Waals surface area contributed by atoms with Gasteiger partial charge in [-0.2, -0.15) is 0 Å². The number of rotatable bonds is 30. The molecule has 84 heavy (non-hydrogen) atoms. The fourth-order valence-corrected chi connectivity index (χ4v) is 10.8. The van der Waals surface area contributed by atoms with Crippen LogP contribution in [0.2, 0.25) is 0 Å². The summed E-state index contributed by atoms with van der Waals surface area (Å²) in [4.78, 5) is 91.9. The minimum absolute atomic E-state index is 0.0129. The predicted molar refractivity (Wildman–Crippen MR) is 335 cm³/mol. The van der Waals surface area contributed by atoms with E-state index in [2.05, 4.69) is 20.8 Å². The van der Waals surface area contributed by atoms with Crippen molar-refractivity contribution in [3.8, 4) is 17.2 Å². The fraction of sp³-hybridized carbons (Fsp3) is 0.652. The summed E-state index contributed by atoms with van der Waals surface area (Å²) in [7, 11) is 0. The highest BCUT2D eigenvalue weighted by atomic mass is 16.6. The zero-order valence-corrected chi connectivity index (χ0v) is 54.5. The second kappa shape index (κ2) is 30.8. The lowest BCUT2D eigenvalue weighted by Gasteiger charge is -2.29. The Hall–Kier alpha value is -6.12. The van der Waals surface area contributed by atoms with E-state index < -0.39 is 87.7 Å². The molecular formula is C69H105N3O12. The third-order valence-corrected chi connectivity index (χ3v) is 16.5. The largest absolute Gasteiger partial charge is 0.507 e. The van der Waals surface area contributed by atoms with Crippen LogP contribution < -0.4 is 17.1 Å².